The summed E-state index contributed by atoms with van der Waals surface area (Å²) in [6.07, 6.45) is 2.99. The Hall–Kier alpha value is -2.43. The van der Waals surface area contributed by atoms with E-state index in [4.69, 9.17) is 0 Å². The second-order valence-corrected chi connectivity index (χ2v) is 9.67. The number of nitrogens with zero attached hydrogens (tertiary/aromatic N) is 4. The van der Waals surface area contributed by atoms with Crippen LogP contribution in [0.1, 0.15) is 46.2 Å². The third-order valence-corrected chi connectivity index (χ3v) is 7.05. The van der Waals surface area contributed by atoms with Crippen molar-refractivity contribution in [3.63, 3.8) is 0 Å². The number of carbonyl (C=O) groups is 1. The van der Waals surface area contributed by atoms with Crippen molar-refractivity contribution in [1.82, 2.24) is 23.9 Å². The van der Waals surface area contributed by atoms with Gasteiger partial charge in [0.25, 0.3) is 16.1 Å². The second-order valence-electron chi connectivity index (χ2n) is 7.52. The zero-order chi connectivity index (χ0) is 21.9. The Morgan fingerprint density at radius 1 is 1.30 bits per heavy atom. The molecule has 3 rings (SSSR count). The van der Waals surface area contributed by atoms with Crippen molar-refractivity contribution in [2.24, 2.45) is 0 Å². The first-order valence-electron chi connectivity index (χ1n) is 9.72. The van der Waals surface area contributed by atoms with Crippen LogP contribution in [0.4, 0.5) is 4.39 Å². The zero-order valence-electron chi connectivity index (χ0n) is 17.3. The SMILES string of the molecule is Cc1nc([C@H]2CCCN(S(=O)(=O)N(C)C)C2)ncc1C(=O)NCc1ccc(F)cc1. The molecule has 2 aromatic rings. The number of piperidine rings is 1. The Labute approximate surface area is 176 Å². The molecule has 1 N–H and O–H groups in total. The van der Waals surface area contributed by atoms with E-state index in [-0.39, 0.29) is 24.2 Å². The van der Waals surface area contributed by atoms with E-state index in [2.05, 4.69) is 15.3 Å². The molecule has 2 heterocycles. The Morgan fingerprint density at radius 3 is 2.63 bits per heavy atom. The molecule has 0 radical (unpaired) electrons. The van der Waals surface area contributed by atoms with Gasteiger partial charge in [-0.05, 0) is 37.5 Å². The predicted molar refractivity (Wildman–Crippen MR) is 110 cm³/mol. The quantitative estimate of drug-likeness (QED) is 0.747. The molecule has 1 fully saturated rings. The number of rotatable bonds is 6. The van der Waals surface area contributed by atoms with Crippen LogP contribution in [0.15, 0.2) is 30.5 Å². The van der Waals surface area contributed by atoms with Crippen molar-refractivity contribution in [3.05, 3.63) is 58.9 Å². The number of aryl methyl sites for hydroxylation is 1. The molecule has 0 aliphatic carbocycles. The standard InChI is InChI=1S/C20H26FN5O3S/c1-14-18(20(27)23-11-15-6-8-17(21)9-7-15)12-22-19(24-14)16-5-4-10-26(13-16)30(28,29)25(2)3/h6-9,12,16H,4-5,10-11,13H2,1-3H3,(H,23,27)/t16-/m0/s1. The molecule has 1 atom stereocenters. The third kappa shape index (κ3) is 5.00. The molecule has 1 saturated heterocycles. The first-order chi connectivity index (χ1) is 14.2. The van der Waals surface area contributed by atoms with E-state index in [1.165, 1.54) is 41.0 Å². The highest BCUT2D eigenvalue weighted by Gasteiger charge is 2.32. The molecule has 1 aromatic carbocycles. The molecule has 1 amide bonds. The second kappa shape index (κ2) is 9.15. The largest absolute Gasteiger partial charge is 0.348 e. The van der Waals surface area contributed by atoms with Crippen LogP contribution in [0.5, 0.6) is 0 Å². The molecule has 0 saturated carbocycles. The highest BCUT2D eigenvalue weighted by molar-refractivity contribution is 7.86. The van der Waals surface area contributed by atoms with E-state index in [0.29, 0.717) is 30.2 Å². The topological polar surface area (TPSA) is 95.5 Å². The minimum atomic E-state index is -3.49. The summed E-state index contributed by atoms with van der Waals surface area (Å²) in [5.74, 6) is -0.224. The molecule has 0 unspecified atom stereocenters. The van der Waals surface area contributed by atoms with E-state index in [1.54, 1.807) is 19.1 Å². The Kier molecular flexibility index (Phi) is 6.79. The zero-order valence-corrected chi connectivity index (χ0v) is 18.1. The Bertz CT molecular complexity index is 1010. The lowest BCUT2D eigenvalue weighted by atomic mass is 9.98. The maximum Gasteiger partial charge on any atom is 0.281 e. The van der Waals surface area contributed by atoms with Gasteiger partial charge in [-0.2, -0.15) is 17.0 Å². The summed E-state index contributed by atoms with van der Waals surface area (Å²) >= 11 is 0. The lowest BCUT2D eigenvalue weighted by molar-refractivity contribution is 0.0949. The Balaban J connectivity index is 1.68. The molecule has 1 aliphatic rings. The van der Waals surface area contributed by atoms with Gasteiger partial charge in [0.1, 0.15) is 11.6 Å². The minimum absolute atomic E-state index is 0.122. The molecular formula is C20H26FN5O3S. The van der Waals surface area contributed by atoms with Gasteiger partial charge in [-0.1, -0.05) is 12.1 Å². The predicted octanol–water partition coefficient (Wildman–Crippen LogP) is 1.84. The molecule has 1 aliphatic heterocycles. The van der Waals surface area contributed by atoms with Crippen molar-refractivity contribution in [2.75, 3.05) is 27.2 Å². The number of aromatic nitrogens is 2. The smallest absolute Gasteiger partial charge is 0.281 e. The van der Waals surface area contributed by atoms with Gasteiger partial charge in [-0.3, -0.25) is 4.79 Å². The first kappa shape index (κ1) is 22.3. The Morgan fingerprint density at radius 2 is 2.00 bits per heavy atom. The highest BCUT2D eigenvalue weighted by Crippen LogP contribution is 2.27. The number of carbonyl (C=O) groups excluding carboxylic acids is 1. The first-order valence-corrected chi connectivity index (χ1v) is 11.1. The maximum atomic E-state index is 13.0. The van der Waals surface area contributed by atoms with E-state index < -0.39 is 10.2 Å². The summed E-state index contributed by atoms with van der Waals surface area (Å²) in [6, 6.07) is 5.90. The monoisotopic (exact) mass is 435 g/mol. The van der Waals surface area contributed by atoms with Crippen molar-refractivity contribution in [3.8, 4) is 0 Å². The van der Waals surface area contributed by atoms with Gasteiger partial charge in [0, 0.05) is 45.8 Å². The fourth-order valence-corrected chi connectivity index (χ4v) is 4.57. The summed E-state index contributed by atoms with van der Waals surface area (Å²) in [6.45, 7) is 2.78. The number of halogens is 1. The molecule has 30 heavy (non-hydrogen) atoms. The van der Waals surface area contributed by atoms with Gasteiger partial charge in [0.15, 0.2) is 0 Å². The molecular weight excluding hydrogens is 409 g/mol. The van der Waals surface area contributed by atoms with Crippen molar-refractivity contribution < 1.29 is 17.6 Å². The third-order valence-electron chi connectivity index (χ3n) is 5.15. The summed E-state index contributed by atoms with van der Waals surface area (Å²) in [4.78, 5) is 21.3. The van der Waals surface area contributed by atoms with Gasteiger partial charge < -0.3 is 5.32 Å². The van der Waals surface area contributed by atoms with Gasteiger partial charge >= 0.3 is 0 Å². The summed E-state index contributed by atoms with van der Waals surface area (Å²) in [5, 5.41) is 2.78. The van der Waals surface area contributed by atoms with Crippen LogP contribution in [0.25, 0.3) is 0 Å². The van der Waals surface area contributed by atoms with Crippen LogP contribution in [0.2, 0.25) is 0 Å². The van der Waals surface area contributed by atoms with Crippen LogP contribution in [-0.4, -0.2) is 60.1 Å². The minimum Gasteiger partial charge on any atom is -0.348 e. The fraction of sp³-hybridized carbons (Fsp3) is 0.450. The lowest BCUT2D eigenvalue weighted by Crippen LogP contribution is -2.45. The molecule has 0 spiro atoms. The van der Waals surface area contributed by atoms with E-state index in [0.717, 1.165) is 18.4 Å². The van der Waals surface area contributed by atoms with Crippen LogP contribution in [-0.2, 0) is 16.8 Å². The number of hydrogen-bond donors (Lipinski definition) is 1. The van der Waals surface area contributed by atoms with Crippen LogP contribution < -0.4 is 5.32 Å². The van der Waals surface area contributed by atoms with Crippen LogP contribution >= 0.6 is 0 Å². The summed E-state index contributed by atoms with van der Waals surface area (Å²) < 4.78 is 40.5. The highest BCUT2D eigenvalue weighted by atomic mass is 32.2. The van der Waals surface area contributed by atoms with Crippen molar-refractivity contribution in [1.29, 1.82) is 0 Å². The normalized spacial score (nSPS) is 17.8. The number of hydrogen-bond acceptors (Lipinski definition) is 5. The molecule has 8 nitrogen and oxygen atoms in total. The van der Waals surface area contributed by atoms with Crippen molar-refractivity contribution >= 4 is 16.1 Å². The average Bonchev–Trinajstić information content (AvgIpc) is 2.73. The van der Waals surface area contributed by atoms with Gasteiger partial charge in [0.05, 0.1) is 11.3 Å². The molecule has 0 bridgehead atoms. The van der Waals surface area contributed by atoms with Crippen LogP contribution in [0, 0.1) is 12.7 Å². The van der Waals surface area contributed by atoms with Gasteiger partial charge in [-0.15, -0.1) is 0 Å². The summed E-state index contributed by atoms with van der Waals surface area (Å²) in [5.41, 5.74) is 1.67. The number of benzene rings is 1. The van der Waals surface area contributed by atoms with Gasteiger partial charge in [0.2, 0.25) is 0 Å². The van der Waals surface area contributed by atoms with E-state index >= 15 is 0 Å². The number of amides is 1. The molecule has 10 heteroatoms. The summed E-state index contributed by atoms with van der Waals surface area (Å²) in [7, 11) is -0.460. The van der Waals surface area contributed by atoms with Crippen molar-refractivity contribution in [2.45, 2.75) is 32.2 Å². The lowest BCUT2D eigenvalue weighted by Gasteiger charge is -2.32. The number of nitrogens with one attached hydrogen (secondary N) is 1. The maximum absolute atomic E-state index is 13.0. The average molecular weight is 436 g/mol. The van der Waals surface area contributed by atoms with Crippen LogP contribution in [0.3, 0.4) is 0 Å². The molecule has 162 valence electrons. The van der Waals surface area contributed by atoms with E-state index in [9.17, 15) is 17.6 Å². The molecule has 1 aromatic heterocycles. The van der Waals surface area contributed by atoms with E-state index in [1.807, 2.05) is 0 Å². The fourth-order valence-electron chi connectivity index (χ4n) is 3.38. The van der Waals surface area contributed by atoms with Gasteiger partial charge in [-0.25, -0.2) is 14.4 Å².